The SMILES string of the molecule is NC(=O)C[C@@H]1NC(=O)C2(CCCCC2)NC(=O)[C@@H](CC(=O)O)C(c2ccc(CP(=O)(O)O)cc2)/C=C/C[C@H](C(=O)NCc2cccc3ccccc23)NC1=O. The summed E-state index contributed by atoms with van der Waals surface area (Å²) in [4.78, 5) is 99.5. The van der Waals surface area contributed by atoms with Crippen LogP contribution in [0.2, 0.25) is 0 Å². The number of allylic oxidation sites excluding steroid dienone is 1. The van der Waals surface area contributed by atoms with Gasteiger partial charge in [-0.3, -0.25) is 33.3 Å². The van der Waals surface area contributed by atoms with E-state index in [1.807, 2.05) is 42.5 Å². The largest absolute Gasteiger partial charge is 0.481 e. The quantitative estimate of drug-likeness (QED) is 0.110. The van der Waals surface area contributed by atoms with Gasteiger partial charge in [0.1, 0.15) is 17.6 Å². The highest BCUT2D eigenvalue weighted by atomic mass is 31.2. The summed E-state index contributed by atoms with van der Waals surface area (Å²) in [6.45, 7) is 0.102. The van der Waals surface area contributed by atoms with Crippen molar-refractivity contribution in [2.45, 2.75) is 87.6 Å². The van der Waals surface area contributed by atoms with Crippen LogP contribution in [0, 0.1) is 5.92 Å². The van der Waals surface area contributed by atoms with Gasteiger partial charge in [0.25, 0.3) is 0 Å². The first kappa shape index (κ1) is 40.8. The fraction of sp³-hybridized carbons (Fsp3) is 0.385. The molecule has 1 fully saturated rings. The molecule has 1 spiro atoms. The molecule has 0 bridgehead atoms. The third kappa shape index (κ3) is 10.9. The summed E-state index contributed by atoms with van der Waals surface area (Å²) in [5, 5.41) is 22.9. The van der Waals surface area contributed by atoms with Crippen molar-refractivity contribution in [3.63, 3.8) is 0 Å². The van der Waals surface area contributed by atoms with Gasteiger partial charge in [0.15, 0.2) is 0 Å². The van der Waals surface area contributed by atoms with Crippen molar-refractivity contribution in [1.82, 2.24) is 21.3 Å². The molecule has 292 valence electrons. The Bertz CT molecular complexity index is 2000. The number of primary amides is 1. The van der Waals surface area contributed by atoms with Crippen LogP contribution in [0.15, 0.2) is 78.9 Å². The topological polar surface area (TPSA) is 254 Å². The molecule has 3 aromatic carbocycles. The zero-order chi connectivity index (χ0) is 39.8. The molecule has 5 rings (SSSR count). The summed E-state index contributed by atoms with van der Waals surface area (Å²) in [6, 6.07) is 16.6. The standard InChI is InChI=1S/C39H46N5O10P/c40-33(45)21-32-37(50)42-31(36(49)41-22-27-10-6-9-25-8-2-3-11-28(25)27)13-7-12-29(26-16-14-24(15-17-26)23-55(52,53)54)30(20-34(46)47)35(48)44-39(38(51)43-32)18-4-1-5-19-39/h2-3,6-12,14-17,29-32H,1,4-5,13,18-23H2,(H2,40,45)(H,41,49)(H,42,50)(H,43,51)(H,44,48)(H,46,47)(H2,52,53,54)/b12-7+/t29?,30-,31+,32-/m0/s1. The van der Waals surface area contributed by atoms with Gasteiger partial charge in [0.2, 0.25) is 29.5 Å². The van der Waals surface area contributed by atoms with Gasteiger partial charge in [-0.1, -0.05) is 98.1 Å². The highest BCUT2D eigenvalue weighted by Gasteiger charge is 2.45. The van der Waals surface area contributed by atoms with Crippen LogP contribution in [-0.2, 0) is 46.0 Å². The van der Waals surface area contributed by atoms with Crippen molar-refractivity contribution < 1.29 is 48.2 Å². The smallest absolute Gasteiger partial charge is 0.329 e. The Hall–Kier alpha value is -5.37. The van der Waals surface area contributed by atoms with E-state index in [0.29, 0.717) is 24.0 Å². The summed E-state index contributed by atoms with van der Waals surface area (Å²) in [6.07, 6.45) is 3.35. The Labute approximate surface area is 317 Å². The number of amides is 5. The van der Waals surface area contributed by atoms with Gasteiger partial charge in [-0.05, 0) is 46.7 Å². The number of rotatable bonds is 10. The average Bonchev–Trinajstić information content (AvgIpc) is 3.13. The van der Waals surface area contributed by atoms with Crippen LogP contribution in [0.25, 0.3) is 10.8 Å². The van der Waals surface area contributed by atoms with E-state index in [4.69, 9.17) is 5.73 Å². The molecule has 4 atom stereocenters. The normalized spacial score (nSPS) is 22.8. The summed E-state index contributed by atoms with van der Waals surface area (Å²) in [5.41, 5.74) is 5.50. The maximum atomic E-state index is 14.3. The van der Waals surface area contributed by atoms with Crippen molar-refractivity contribution in [1.29, 1.82) is 0 Å². The van der Waals surface area contributed by atoms with Crippen LogP contribution in [-0.4, -0.2) is 68.0 Å². The molecular weight excluding hydrogens is 729 g/mol. The van der Waals surface area contributed by atoms with Crippen LogP contribution in [0.4, 0.5) is 0 Å². The summed E-state index contributed by atoms with van der Waals surface area (Å²) in [5.74, 6) is -7.36. The van der Waals surface area contributed by atoms with E-state index in [-0.39, 0.29) is 25.8 Å². The molecule has 1 aliphatic heterocycles. The second-order valence-electron chi connectivity index (χ2n) is 14.2. The van der Waals surface area contributed by atoms with Crippen LogP contribution in [0.1, 0.15) is 74.0 Å². The first-order chi connectivity index (χ1) is 26.1. The number of carbonyl (C=O) groups excluding carboxylic acids is 5. The average molecular weight is 776 g/mol. The van der Waals surface area contributed by atoms with Crippen molar-refractivity contribution in [2.24, 2.45) is 11.7 Å². The van der Waals surface area contributed by atoms with Gasteiger partial charge in [-0.2, -0.15) is 0 Å². The monoisotopic (exact) mass is 775 g/mol. The number of nitrogens with two attached hydrogens (primary N) is 1. The van der Waals surface area contributed by atoms with E-state index in [0.717, 1.165) is 22.8 Å². The lowest BCUT2D eigenvalue weighted by Gasteiger charge is -2.39. The molecule has 9 N–H and O–H groups in total. The molecule has 16 heteroatoms. The van der Waals surface area contributed by atoms with Gasteiger partial charge in [-0.25, -0.2) is 0 Å². The van der Waals surface area contributed by atoms with E-state index in [1.165, 1.54) is 12.1 Å². The first-order valence-electron chi connectivity index (χ1n) is 18.1. The van der Waals surface area contributed by atoms with Crippen molar-refractivity contribution in [3.8, 4) is 0 Å². The molecule has 5 amide bonds. The summed E-state index contributed by atoms with van der Waals surface area (Å²) >= 11 is 0. The number of carbonyl (C=O) groups is 6. The highest BCUT2D eigenvalue weighted by Crippen LogP contribution is 2.40. The molecule has 3 aromatic rings. The van der Waals surface area contributed by atoms with Crippen molar-refractivity contribution in [3.05, 3.63) is 95.6 Å². The van der Waals surface area contributed by atoms with Gasteiger partial charge >= 0.3 is 13.6 Å². The zero-order valence-electron chi connectivity index (χ0n) is 30.1. The highest BCUT2D eigenvalue weighted by molar-refractivity contribution is 7.50. The van der Waals surface area contributed by atoms with E-state index in [9.17, 15) is 48.2 Å². The van der Waals surface area contributed by atoms with Crippen LogP contribution in [0.3, 0.4) is 0 Å². The summed E-state index contributed by atoms with van der Waals surface area (Å²) in [7, 11) is -4.40. The molecule has 0 saturated heterocycles. The first-order valence-corrected chi connectivity index (χ1v) is 19.9. The predicted molar refractivity (Wildman–Crippen MR) is 202 cm³/mol. The van der Waals surface area contributed by atoms with Crippen LogP contribution >= 0.6 is 7.60 Å². The fourth-order valence-corrected chi connectivity index (χ4v) is 8.03. The molecule has 1 saturated carbocycles. The van der Waals surface area contributed by atoms with Gasteiger partial charge in [-0.15, -0.1) is 0 Å². The molecule has 15 nitrogen and oxygen atoms in total. The Kier molecular flexibility index (Phi) is 13.2. The fourth-order valence-electron chi connectivity index (χ4n) is 7.35. The lowest BCUT2D eigenvalue weighted by molar-refractivity contribution is -0.143. The third-order valence-electron chi connectivity index (χ3n) is 10.1. The number of hydrogen-bond acceptors (Lipinski definition) is 7. The Morgan fingerprint density at radius 1 is 0.873 bits per heavy atom. The maximum absolute atomic E-state index is 14.3. The maximum Gasteiger partial charge on any atom is 0.329 e. The van der Waals surface area contributed by atoms with E-state index < -0.39 is 91.6 Å². The Morgan fingerprint density at radius 3 is 2.24 bits per heavy atom. The number of fused-ring (bicyclic) bond motifs is 1. The van der Waals surface area contributed by atoms with E-state index in [2.05, 4.69) is 21.3 Å². The van der Waals surface area contributed by atoms with E-state index in [1.54, 1.807) is 24.3 Å². The lowest BCUT2D eigenvalue weighted by Crippen LogP contribution is -2.64. The van der Waals surface area contributed by atoms with Gasteiger partial charge in [0, 0.05) is 12.5 Å². The summed E-state index contributed by atoms with van der Waals surface area (Å²) < 4.78 is 11.7. The van der Waals surface area contributed by atoms with Crippen LogP contribution in [0.5, 0.6) is 0 Å². The third-order valence-corrected chi connectivity index (χ3v) is 10.9. The zero-order valence-corrected chi connectivity index (χ0v) is 31.0. The number of hydrogen-bond donors (Lipinski definition) is 8. The molecular formula is C39H46N5O10P. The molecule has 1 unspecified atom stereocenters. The number of benzene rings is 3. The minimum Gasteiger partial charge on any atom is -0.481 e. The van der Waals surface area contributed by atoms with E-state index >= 15 is 0 Å². The van der Waals surface area contributed by atoms with Crippen LogP contribution < -0.4 is 27.0 Å². The minimum absolute atomic E-state index is 0.102. The molecule has 0 radical (unpaired) electrons. The number of carboxylic acids is 1. The molecule has 0 aromatic heterocycles. The van der Waals surface area contributed by atoms with Gasteiger partial charge < -0.3 is 41.9 Å². The second-order valence-corrected chi connectivity index (χ2v) is 15.8. The lowest BCUT2D eigenvalue weighted by atomic mass is 9.78. The molecule has 1 aliphatic carbocycles. The molecule has 55 heavy (non-hydrogen) atoms. The Balaban J connectivity index is 1.55. The second kappa shape index (κ2) is 17.8. The van der Waals surface area contributed by atoms with Gasteiger partial charge in [0.05, 0.1) is 24.9 Å². The predicted octanol–water partition coefficient (Wildman–Crippen LogP) is 2.63. The molecule has 1 heterocycles. The molecule has 2 aliphatic rings. The Morgan fingerprint density at radius 2 is 1.56 bits per heavy atom. The van der Waals surface area contributed by atoms with Crippen molar-refractivity contribution >= 4 is 53.9 Å². The number of carboxylic acid groups (broad SMARTS) is 1. The number of nitrogens with one attached hydrogen (secondary N) is 4. The minimum atomic E-state index is -4.40. The van der Waals surface area contributed by atoms with Crippen molar-refractivity contribution in [2.75, 3.05) is 0 Å². The number of aliphatic carboxylic acids is 1.